The second-order valence-electron chi connectivity index (χ2n) is 5.86. The van der Waals surface area contributed by atoms with E-state index in [2.05, 4.69) is 31.1 Å². The normalized spacial score (nSPS) is 29.9. The Kier molecular flexibility index (Phi) is 3.03. The van der Waals surface area contributed by atoms with Gasteiger partial charge in [-0.25, -0.2) is 0 Å². The van der Waals surface area contributed by atoms with Crippen molar-refractivity contribution in [3.63, 3.8) is 0 Å². The minimum absolute atomic E-state index is 0.585. The fourth-order valence-electron chi connectivity index (χ4n) is 3.89. The minimum atomic E-state index is 0.585. The van der Waals surface area contributed by atoms with Gasteiger partial charge < -0.3 is 0 Å². The first-order chi connectivity index (χ1) is 9.90. The fourth-order valence-corrected chi connectivity index (χ4v) is 3.89. The van der Waals surface area contributed by atoms with Crippen molar-refractivity contribution in [3.05, 3.63) is 30.9 Å². The molecule has 0 spiro atoms. The Labute approximate surface area is 118 Å². The SMILES string of the molecule is c1cnn(C2CC3CCC(C2)N3CCn2nccn2)c1. The Balaban J connectivity index is 1.41. The zero-order valence-electron chi connectivity index (χ0n) is 11.5. The maximum absolute atomic E-state index is 4.42. The lowest BCUT2D eigenvalue weighted by Crippen LogP contribution is -2.45. The van der Waals surface area contributed by atoms with Gasteiger partial charge in [0.05, 0.1) is 25.0 Å². The average Bonchev–Trinajstić information content (AvgIpc) is 3.18. The zero-order valence-corrected chi connectivity index (χ0v) is 11.5. The van der Waals surface area contributed by atoms with Crippen LogP contribution in [0.1, 0.15) is 31.7 Å². The Morgan fingerprint density at radius 1 is 0.850 bits per heavy atom. The molecule has 0 radical (unpaired) electrons. The topological polar surface area (TPSA) is 51.8 Å². The summed E-state index contributed by atoms with van der Waals surface area (Å²) in [6, 6.07) is 4.02. The molecular weight excluding hydrogens is 252 g/mol. The molecule has 2 aliphatic heterocycles. The molecule has 2 aliphatic rings. The molecule has 2 aromatic rings. The van der Waals surface area contributed by atoms with E-state index in [9.17, 15) is 0 Å². The van der Waals surface area contributed by atoms with E-state index in [1.165, 1.54) is 25.7 Å². The Morgan fingerprint density at radius 2 is 1.60 bits per heavy atom. The Hall–Kier alpha value is -1.69. The summed E-state index contributed by atoms with van der Waals surface area (Å²) in [5, 5.41) is 12.8. The second-order valence-corrected chi connectivity index (χ2v) is 5.86. The van der Waals surface area contributed by atoms with Crippen molar-refractivity contribution in [1.29, 1.82) is 0 Å². The highest BCUT2D eigenvalue weighted by atomic mass is 15.5. The summed E-state index contributed by atoms with van der Waals surface area (Å²) in [5.74, 6) is 0. The molecule has 106 valence electrons. The summed E-state index contributed by atoms with van der Waals surface area (Å²) in [7, 11) is 0. The Morgan fingerprint density at radius 3 is 2.25 bits per heavy atom. The van der Waals surface area contributed by atoms with Crippen molar-refractivity contribution in [1.82, 2.24) is 29.7 Å². The zero-order chi connectivity index (χ0) is 13.4. The van der Waals surface area contributed by atoms with Gasteiger partial charge in [-0.05, 0) is 31.7 Å². The van der Waals surface area contributed by atoms with E-state index in [4.69, 9.17) is 0 Å². The van der Waals surface area contributed by atoms with Gasteiger partial charge in [0.25, 0.3) is 0 Å². The quantitative estimate of drug-likeness (QED) is 0.843. The summed E-state index contributed by atoms with van der Waals surface area (Å²) >= 11 is 0. The number of hydrogen-bond acceptors (Lipinski definition) is 4. The van der Waals surface area contributed by atoms with Crippen molar-refractivity contribution in [2.75, 3.05) is 6.54 Å². The van der Waals surface area contributed by atoms with Crippen LogP contribution >= 0.6 is 0 Å². The van der Waals surface area contributed by atoms with Gasteiger partial charge in [-0.15, -0.1) is 0 Å². The first kappa shape index (κ1) is 12.1. The molecule has 0 amide bonds. The largest absolute Gasteiger partial charge is 0.295 e. The first-order valence-corrected chi connectivity index (χ1v) is 7.49. The number of fused-ring (bicyclic) bond motifs is 2. The van der Waals surface area contributed by atoms with E-state index in [-0.39, 0.29) is 0 Å². The lowest BCUT2D eigenvalue weighted by molar-refractivity contribution is 0.0959. The van der Waals surface area contributed by atoms with Gasteiger partial charge in [0, 0.05) is 31.0 Å². The average molecular weight is 272 g/mol. The summed E-state index contributed by atoms with van der Waals surface area (Å²) in [6.45, 7) is 1.96. The van der Waals surface area contributed by atoms with Crippen LogP contribution in [0.2, 0.25) is 0 Å². The molecule has 0 N–H and O–H groups in total. The van der Waals surface area contributed by atoms with E-state index in [1.807, 2.05) is 12.3 Å². The second kappa shape index (κ2) is 5.01. The number of piperidine rings is 1. The van der Waals surface area contributed by atoms with E-state index >= 15 is 0 Å². The van der Waals surface area contributed by atoms with Crippen molar-refractivity contribution >= 4 is 0 Å². The van der Waals surface area contributed by atoms with Gasteiger partial charge in [0.15, 0.2) is 0 Å². The monoisotopic (exact) mass is 272 g/mol. The van der Waals surface area contributed by atoms with Crippen LogP contribution in [-0.2, 0) is 6.54 Å². The van der Waals surface area contributed by atoms with Crippen molar-refractivity contribution in [3.8, 4) is 0 Å². The molecule has 2 fully saturated rings. The molecule has 6 nitrogen and oxygen atoms in total. The van der Waals surface area contributed by atoms with Gasteiger partial charge >= 0.3 is 0 Å². The van der Waals surface area contributed by atoms with Crippen LogP contribution in [-0.4, -0.2) is 48.3 Å². The summed E-state index contributed by atoms with van der Waals surface area (Å²) < 4.78 is 2.15. The molecule has 2 unspecified atom stereocenters. The van der Waals surface area contributed by atoms with Crippen LogP contribution in [0.25, 0.3) is 0 Å². The molecule has 0 aliphatic carbocycles. The number of nitrogens with zero attached hydrogens (tertiary/aromatic N) is 6. The molecule has 2 atom stereocenters. The third-order valence-electron chi connectivity index (χ3n) is 4.78. The van der Waals surface area contributed by atoms with E-state index in [0.717, 1.165) is 13.1 Å². The van der Waals surface area contributed by atoms with Crippen molar-refractivity contribution < 1.29 is 0 Å². The van der Waals surface area contributed by atoms with Gasteiger partial charge in [-0.1, -0.05) is 0 Å². The van der Waals surface area contributed by atoms with Crippen LogP contribution in [0.15, 0.2) is 30.9 Å². The van der Waals surface area contributed by atoms with Crippen molar-refractivity contribution in [2.45, 2.75) is 50.4 Å². The first-order valence-electron chi connectivity index (χ1n) is 7.49. The van der Waals surface area contributed by atoms with Crippen LogP contribution < -0.4 is 0 Å². The lowest BCUT2D eigenvalue weighted by atomic mass is 9.97. The third-order valence-corrected chi connectivity index (χ3v) is 4.78. The summed E-state index contributed by atoms with van der Waals surface area (Å²) in [5.41, 5.74) is 0. The molecule has 4 heterocycles. The molecule has 2 bridgehead atoms. The molecule has 6 heteroatoms. The number of hydrogen-bond donors (Lipinski definition) is 0. The highest BCUT2D eigenvalue weighted by Gasteiger charge is 2.41. The molecule has 4 rings (SSSR count). The predicted molar refractivity (Wildman–Crippen MR) is 74.0 cm³/mol. The van der Waals surface area contributed by atoms with Crippen molar-refractivity contribution in [2.24, 2.45) is 0 Å². The van der Waals surface area contributed by atoms with E-state index in [0.29, 0.717) is 18.1 Å². The molecule has 20 heavy (non-hydrogen) atoms. The smallest absolute Gasteiger partial charge is 0.0734 e. The highest BCUT2D eigenvalue weighted by molar-refractivity contribution is 4.97. The maximum atomic E-state index is 4.42. The molecule has 2 saturated heterocycles. The molecule has 2 aromatic heterocycles. The van der Waals surface area contributed by atoms with E-state index in [1.54, 1.807) is 17.2 Å². The number of aromatic nitrogens is 5. The Bertz CT molecular complexity index is 520. The van der Waals surface area contributed by atoms with Crippen LogP contribution in [0, 0.1) is 0 Å². The predicted octanol–water partition coefficient (Wildman–Crippen LogP) is 1.34. The summed E-state index contributed by atoms with van der Waals surface area (Å²) in [6.07, 6.45) is 12.6. The van der Waals surface area contributed by atoms with Crippen LogP contribution in [0.5, 0.6) is 0 Å². The van der Waals surface area contributed by atoms with Gasteiger partial charge in [-0.2, -0.15) is 20.1 Å². The summed E-state index contributed by atoms with van der Waals surface area (Å²) in [4.78, 5) is 4.46. The minimum Gasteiger partial charge on any atom is -0.295 e. The molecular formula is C14H20N6. The third kappa shape index (κ3) is 2.14. The highest BCUT2D eigenvalue weighted by Crippen LogP contribution is 2.40. The van der Waals surface area contributed by atoms with Gasteiger partial charge in [-0.3, -0.25) is 9.58 Å². The lowest BCUT2D eigenvalue weighted by Gasteiger charge is -2.38. The maximum Gasteiger partial charge on any atom is 0.0734 e. The van der Waals surface area contributed by atoms with Crippen LogP contribution in [0.4, 0.5) is 0 Å². The van der Waals surface area contributed by atoms with Gasteiger partial charge in [0.1, 0.15) is 0 Å². The van der Waals surface area contributed by atoms with Gasteiger partial charge in [0.2, 0.25) is 0 Å². The fraction of sp³-hybridized carbons (Fsp3) is 0.643. The standard InChI is InChI=1S/C14H20N6/c1-4-15-19(7-1)14-10-12-2-3-13(11-14)18(12)8-9-20-16-5-6-17-20/h1,4-7,12-14H,2-3,8-11H2. The molecule has 0 saturated carbocycles. The van der Waals surface area contributed by atoms with E-state index < -0.39 is 0 Å². The molecule has 0 aromatic carbocycles. The van der Waals surface area contributed by atoms with Crippen LogP contribution in [0.3, 0.4) is 0 Å². The number of rotatable bonds is 4.